The van der Waals surface area contributed by atoms with Crippen molar-refractivity contribution in [3.8, 4) is 17.3 Å². The van der Waals surface area contributed by atoms with Gasteiger partial charge in [-0.15, -0.1) is 0 Å². The summed E-state index contributed by atoms with van der Waals surface area (Å²) in [6.07, 6.45) is 4.74. The molecule has 3 aromatic rings. The molecule has 2 aromatic heterocycles. The number of nitrogens with zero attached hydrogens (tertiary/aromatic N) is 4. The molecular formula is C20H20ClN5. The summed E-state index contributed by atoms with van der Waals surface area (Å²) in [6.45, 7) is 2.76. The molecule has 0 amide bonds. The number of pyridine rings is 1. The van der Waals surface area contributed by atoms with Crippen LogP contribution < -0.4 is 5.73 Å². The van der Waals surface area contributed by atoms with Crippen molar-refractivity contribution in [3.63, 3.8) is 0 Å². The van der Waals surface area contributed by atoms with E-state index in [9.17, 15) is 5.26 Å². The van der Waals surface area contributed by atoms with Crippen molar-refractivity contribution in [2.75, 3.05) is 13.1 Å². The maximum Gasteiger partial charge on any atom is 0.102 e. The lowest BCUT2D eigenvalue weighted by Gasteiger charge is -2.15. The van der Waals surface area contributed by atoms with Crippen molar-refractivity contribution in [2.24, 2.45) is 12.8 Å². The fourth-order valence-corrected chi connectivity index (χ4v) is 3.99. The van der Waals surface area contributed by atoms with Crippen LogP contribution in [0.2, 0.25) is 5.02 Å². The summed E-state index contributed by atoms with van der Waals surface area (Å²) < 4.78 is 2.02. The lowest BCUT2D eigenvalue weighted by atomic mass is 10.1. The highest BCUT2D eigenvalue weighted by molar-refractivity contribution is 6.31. The second-order valence-corrected chi connectivity index (χ2v) is 7.36. The summed E-state index contributed by atoms with van der Waals surface area (Å²) in [7, 11) is 1.96. The Kier molecular flexibility index (Phi) is 4.41. The topological polar surface area (TPSA) is 70.9 Å². The zero-order valence-electron chi connectivity index (χ0n) is 14.6. The Hall–Kier alpha value is -2.39. The van der Waals surface area contributed by atoms with Gasteiger partial charge in [-0.3, -0.25) is 9.88 Å². The predicted molar refractivity (Wildman–Crippen MR) is 104 cm³/mol. The zero-order valence-corrected chi connectivity index (χ0v) is 15.4. The first-order chi connectivity index (χ1) is 12.6. The van der Waals surface area contributed by atoms with Gasteiger partial charge in [0.25, 0.3) is 0 Å². The number of hydrogen-bond donors (Lipinski definition) is 1. The molecular weight excluding hydrogens is 346 g/mol. The van der Waals surface area contributed by atoms with Crippen molar-refractivity contribution < 1.29 is 0 Å². The quantitative estimate of drug-likeness (QED) is 0.773. The van der Waals surface area contributed by atoms with E-state index in [1.165, 1.54) is 0 Å². The third-order valence-electron chi connectivity index (χ3n) is 5.06. The smallest absolute Gasteiger partial charge is 0.102 e. The third-order valence-corrected chi connectivity index (χ3v) is 5.29. The number of rotatable bonds is 3. The Bertz CT molecular complexity index is 1020. The minimum atomic E-state index is 0.263. The summed E-state index contributed by atoms with van der Waals surface area (Å²) in [5, 5.41) is 11.3. The van der Waals surface area contributed by atoms with Crippen LogP contribution in [-0.2, 0) is 13.6 Å². The first-order valence-electron chi connectivity index (χ1n) is 8.67. The average Bonchev–Trinajstić information content (AvgIpc) is 3.16. The summed E-state index contributed by atoms with van der Waals surface area (Å²) >= 11 is 6.15. The van der Waals surface area contributed by atoms with Crippen LogP contribution in [-0.4, -0.2) is 33.6 Å². The first kappa shape index (κ1) is 17.0. The van der Waals surface area contributed by atoms with Gasteiger partial charge in [-0.25, -0.2) is 0 Å². The number of likely N-dealkylation sites (tertiary alicyclic amines) is 1. The molecule has 0 unspecified atom stereocenters. The van der Waals surface area contributed by atoms with E-state index < -0.39 is 0 Å². The summed E-state index contributed by atoms with van der Waals surface area (Å²) in [5.74, 6) is 0. The van der Waals surface area contributed by atoms with E-state index in [2.05, 4.69) is 22.0 Å². The van der Waals surface area contributed by atoms with Crippen LogP contribution >= 0.6 is 11.6 Å². The van der Waals surface area contributed by atoms with E-state index in [1.54, 1.807) is 0 Å². The van der Waals surface area contributed by atoms with Crippen molar-refractivity contribution >= 4 is 22.5 Å². The Balaban J connectivity index is 1.77. The molecule has 0 saturated carbocycles. The standard InChI is InChI=1S/C20H20ClN5/c1-25-19-7-15(21)2-3-17(19)18(8-22)20(25)14-6-13(9-24-10-14)11-26-5-4-16(23)12-26/h2-3,6-7,9-10,16H,4-5,11-12,23H2,1H3/t16-/m1/s1. The van der Waals surface area contributed by atoms with Gasteiger partial charge in [0, 0.05) is 61.1 Å². The van der Waals surface area contributed by atoms with Crippen LogP contribution in [0.3, 0.4) is 0 Å². The Morgan fingerprint density at radius 1 is 1.35 bits per heavy atom. The van der Waals surface area contributed by atoms with Gasteiger partial charge in [0.05, 0.1) is 16.8 Å². The molecule has 0 aliphatic carbocycles. The van der Waals surface area contributed by atoms with Crippen molar-refractivity contribution in [3.05, 3.63) is 52.8 Å². The third kappa shape index (κ3) is 2.97. The zero-order chi connectivity index (χ0) is 18.3. The summed E-state index contributed by atoms with van der Waals surface area (Å²) in [6, 6.07) is 10.4. The van der Waals surface area contributed by atoms with Gasteiger partial charge in [-0.05, 0) is 36.2 Å². The number of halogens is 1. The van der Waals surface area contributed by atoms with Gasteiger partial charge in [-0.2, -0.15) is 5.26 Å². The molecule has 2 N–H and O–H groups in total. The molecule has 1 fully saturated rings. The van der Waals surface area contributed by atoms with E-state index in [-0.39, 0.29) is 6.04 Å². The lowest BCUT2D eigenvalue weighted by Crippen LogP contribution is -2.26. The molecule has 1 saturated heterocycles. The number of nitriles is 1. The highest BCUT2D eigenvalue weighted by Gasteiger charge is 2.20. The molecule has 0 bridgehead atoms. The van der Waals surface area contributed by atoms with Gasteiger partial charge in [0.15, 0.2) is 0 Å². The number of benzene rings is 1. The Morgan fingerprint density at radius 3 is 2.92 bits per heavy atom. The molecule has 0 radical (unpaired) electrons. The predicted octanol–water partition coefficient (Wildman–Crippen LogP) is 3.30. The monoisotopic (exact) mass is 365 g/mol. The molecule has 6 heteroatoms. The van der Waals surface area contributed by atoms with Gasteiger partial charge in [0.2, 0.25) is 0 Å². The first-order valence-corrected chi connectivity index (χ1v) is 9.05. The molecule has 1 atom stereocenters. The number of fused-ring (bicyclic) bond motifs is 1. The molecule has 1 aliphatic heterocycles. The normalized spacial score (nSPS) is 17.7. The van der Waals surface area contributed by atoms with Crippen LogP contribution in [0.25, 0.3) is 22.2 Å². The van der Waals surface area contributed by atoms with E-state index >= 15 is 0 Å². The number of nitrogens with two attached hydrogens (primary N) is 1. The minimum absolute atomic E-state index is 0.263. The molecule has 3 heterocycles. The molecule has 1 aliphatic rings. The number of aromatic nitrogens is 2. The highest BCUT2D eigenvalue weighted by atomic mass is 35.5. The van der Waals surface area contributed by atoms with Crippen LogP contribution in [0.4, 0.5) is 0 Å². The fraction of sp³-hybridized carbons (Fsp3) is 0.300. The lowest BCUT2D eigenvalue weighted by molar-refractivity contribution is 0.326. The minimum Gasteiger partial charge on any atom is -0.342 e. The number of hydrogen-bond acceptors (Lipinski definition) is 4. The van der Waals surface area contributed by atoms with Crippen molar-refractivity contribution in [1.82, 2.24) is 14.5 Å². The molecule has 1 aromatic carbocycles. The molecule has 0 spiro atoms. The Morgan fingerprint density at radius 2 is 2.19 bits per heavy atom. The van der Waals surface area contributed by atoms with E-state index in [0.29, 0.717) is 10.6 Å². The van der Waals surface area contributed by atoms with E-state index in [0.717, 1.165) is 53.8 Å². The average molecular weight is 366 g/mol. The Labute approximate surface area is 157 Å². The second-order valence-electron chi connectivity index (χ2n) is 6.92. The van der Waals surface area contributed by atoms with Gasteiger partial charge < -0.3 is 10.3 Å². The summed E-state index contributed by atoms with van der Waals surface area (Å²) in [5.41, 5.74) is 10.5. The van der Waals surface area contributed by atoms with Crippen LogP contribution in [0.5, 0.6) is 0 Å². The van der Waals surface area contributed by atoms with E-state index in [4.69, 9.17) is 17.3 Å². The largest absolute Gasteiger partial charge is 0.342 e. The molecule has 5 nitrogen and oxygen atoms in total. The molecule has 132 valence electrons. The van der Waals surface area contributed by atoms with E-state index in [1.807, 2.05) is 42.2 Å². The number of aryl methyl sites for hydroxylation is 1. The SMILES string of the molecule is Cn1c(-c2cncc(CN3CC[C@@H](N)C3)c2)c(C#N)c2ccc(Cl)cc21. The van der Waals surface area contributed by atoms with Crippen LogP contribution in [0, 0.1) is 11.3 Å². The maximum atomic E-state index is 9.75. The van der Waals surface area contributed by atoms with Crippen molar-refractivity contribution in [1.29, 1.82) is 5.26 Å². The van der Waals surface area contributed by atoms with Crippen LogP contribution in [0.1, 0.15) is 17.5 Å². The highest BCUT2D eigenvalue weighted by Crippen LogP contribution is 2.34. The van der Waals surface area contributed by atoms with Gasteiger partial charge in [0.1, 0.15) is 6.07 Å². The van der Waals surface area contributed by atoms with Crippen LogP contribution in [0.15, 0.2) is 36.7 Å². The molecule has 26 heavy (non-hydrogen) atoms. The van der Waals surface area contributed by atoms with Crippen molar-refractivity contribution in [2.45, 2.75) is 19.0 Å². The summed E-state index contributed by atoms with van der Waals surface area (Å²) in [4.78, 5) is 6.76. The van der Waals surface area contributed by atoms with Gasteiger partial charge >= 0.3 is 0 Å². The maximum absolute atomic E-state index is 9.75. The second kappa shape index (κ2) is 6.73. The fourth-order valence-electron chi connectivity index (χ4n) is 3.83. The van der Waals surface area contributed by atoms with Gasteiger partial charge in [-0.1, -0.05) is 11.6 Å². The molecule has 4 rings (SSSR count).